The van der Waals surface area contributed by atoms with E-state index in [1.165, 1.54) is 44.6 Å². The van der Waals surface area contributed by atoms with Gasteiger partial charge in [-0.2, -0.15) is 0 Å². The number of anilines is 1. The molecule has 1 aromatic heterocycles. The van der Waals surface area contributed by atoms with Gasteiger partial charge in [0.2, 0.25) is 5.88 Å². The van der Waals surface area contributed by atoms with Crippen LogP contribution in [0.3, 0.4) is 0 Å². The quantitative estimate of drug-likeness (QED) is 0.183. The van der Waals surface area contributed by atoms with Crippen LogP contribution in [0.1, 0.15) is 116 Å². The summed E-state index contributed by atoms with van der Waals surface area (Å²) in [5.74, 6) is 3.17. The van der Waals surface area contributed by atoms with Gasteiger partial charge in [0.15, 0.2) is 0 Å². The molecule has 2 atom stereocenters. The third-order valence-corrected chi connectivity index (χ3v) is 10.5. The lowest BCUT2D eigenvalue weighted by molar-refractivity contribution is 0.460. The second-order valence-corrected chi connectivity index (χ2v) is 14.9. The Morgan fingerprint density at radius 1 is 0.686 bits per heavy atom. The molecule has 2 aliphatic rings. The van der Waals surface area contributed by atoms with E-state index in [-0.39, 0.29) is 17.8 Å². The van der Waals surface area contributed by atoms with Gasteiger partial charge in [-0.15, -0.1) is 0 Å². The van der Waals surface area contributed by atoms with Crippen LogP contribution in [-0.2, 0) is 6.42 Å². The standard InChI is InChI=1S/C46H45N3O2/c1-27(2)34-25-38(28(3)4)44(39(26-34)29(5)6)49-45-37-19-10-8-14-32(37)23-31-13-7-9-18-36(31)43(45)48-46(49)33-16-11-17-35(24-33)51-41-22-21-30-15-12-20-40(50)42(30)47-41/h7-22,24-29,43,45,50H,23H2,1-6H3/t43-,45+/m0/s1. The summed E-state index contributed by atoms with van der Waals surface area (Å²) in [6.45, 7) is 13.8. The fourth-order valence-electron chi connectivity index (χ4n) is 7.90. The molecule has 51 heavy (non-hydrogen) atoms. The largest absolute Gasteiger partial charge is 0.506 e. The van der Waals surface area contributed by atoms with Crippen molar-refractivity contribution in [2.45, 2.75) is 77.8 Å². The van der Waals surface area contributed by atoms with Crippen molar-refractivity contribution in [3.05, 3.63) is 160 Å². The summed E-state index contributed by atoms with van der Waals surface area (Å²) in [5, 5.41) is 11.3. The van der Waals surface area contributed by atoms with Crippen LogP contribution in [0.25, 0.3) is 10.9 Å². The van der Waals surface area contributed by atoms with Crippen LogP contribution >= 0.6 is 0 Å². The lowest BCUT2D eigenvalue weighted by Crippen LogP contribution is -2.34. The second kappa shape index (κ2) is 13.0. The van der Waals surface area contributed by atoms with Crippen molar-refractivity contribution in [3.63, 3.8) is 0 Å². The molecule has 6 aromatic rings. The number of hydrogen-bond acceptors (Lipinski definition) is 5. The molecule has 8 rings (SSSR count). The van der Waals surface area contributed by atoms with Crippen LogP contribution < -0.4 is 9.64 Å². The van der Waals surface area contributed by atoms with E-state index in [4.69, 9.17) is 9.73 Å². The first kappa shape index (κ1) is 32.8. The molecule has 1 aliphatic heterocycles. The van der Waals surface area contributed by atoms with E-state index < -0.39 is 0 Å². The molecule has 0 bridgehead atoms. The van der Waals surface area contributed by atoms with Crippen molar-refractivity contribution in [1.29, 1.82) is 0 Å². The lowest BCUT2D eigenvalue weighted by Gasteiger charge is -2.36. The molecule has 1 N–H and O–H groups in total. The Labute approximate surface area is 301 Å². The minimum Gasteiger partial charge on any atom is -0.506 e. The number of para-hydroxylation sites is 1. The number of rotatable bonds is 7. The van der Waals surface area contributed by atoms with Crippen LogP contribution in [0.5, 0.6) is 17.4 Å². The Hall–Kier alpha value is -5.42. The molecule has 5 heteroatoms. The van der Waals surface area contributed by atoms with E-state index in [9.17, 15) is 5.11 Å². The number of nitrogens with zero attached hydrogens (tertiary/aromatic N) is 3. The lowest BCUT2D eigenvalue weighted by atomic mass is 9.85. The Balaban J connectivity index is 1.35. The van der Waals surface area contributed by atoms with Gasteiger partial charge in [0.25, 0.3) is 0 Å². The SMILES string of the molecule is CC(C)c1cc(C(C)C)c(N2C(c3cccc(Oc4ccc5cccc(O)c5n4)c3)=N[C@H]3c4ccccc4Cc4ccccc4[C@H]32)c(C(C)C)c1. The van der Waals surface area contributed by atoms with E-state index in [1.54, 1.807) is 6.07 Å². The highest BCUT2D eigenvalue weighted by Gasteiger charge is 2.44. The van der Waals surface area contributed by atoms with Crippen LogP contribution in [0.2, 0.25) is 0 Å². The van der Waals surface area contributed by atoms with Crippen LogP contribution in [0.15, 0.2) is 120 Å². The molecule has 5 nitrogen and oxygen atoms in total. The number of aromatic nitrogens is 1. The molecule has 0 saturated carbocycles. The zero-order valence-corrected chi connectivity index (χ0v) is 30.3. The number of phenols is 1. The summed E-state index contributed by atoms with van der Waals surface area (Å²) in [6, 6.07) is 40.0. The first-order valence-electron chi connectivity index (χ1n) is 18.2. The summed E-state index contributed by atoms with van der Waals surface area (Å²) in [4.78, 5) is 13.0. The molecule has 0 spiro atoms. The van der Waals surface area contributed by atoms with Crippen molar-refractivity contribution < 1.29 is 9.84 Å². The number of fused-ring (bicyclic) bond motifs is 6. The molecule has 0 saturated heterocycles. The Morgan fingerprint density at radius 2 is 1.35 bits per heavy atom. The van der Waals surface area contributed by atoms with Gasteiger partial charge in [0.1, 0.15) is 28.9 Å². The molecule has 0 fully saturated rings. The minimum absolute atomic E-state index is 0.0329. The maximum atomic E-state index is 10.5. The van der Waals surface area contributed by atoms with Crippen molar-refractivity contribution in [3.8, 4) is 17.4 Å². The number of amidine groups is 1. The number of benzene rings is 5. The third-order valence-electron chi connectivity index (χ3n) is 10.5. The van der Waals surface area contributed by atoms with Gasteiger partial charge in [-0.3, -0.25) is 4.99 Å². The summed E-state index contributed by atoms with van der Waals surface area (Å²) in [5.41, 5.74) is 12.1. The highest BCUT2D eigenvalue weighted by Crippen LogP contribution is 2.53. The highest BCUT2D eigenvalue weighted by molar-refractivity contribution is 6.13. The molecular formula is C46H45N3O2. The van der Waals surface area contributed by atoms with Gasteiger partial charge in [0.05, 0.1) is 11.7 Å². The molecule has 0 amide bonds. The fourth-order valence-corrected chi connectivity index (χ4v) is 7.90. The molecule has 256 valence electrons. The Morgan fingerprint density at radius 3 is 2.06 bits per heavy atom. The van der Waals surface area contributed by atoms with Gasteiger partial charge in [0, 0.05) is 17.0 Å². The summed E-state index contributed by atoms with van der Waals surface area (Å²) in [6.07, 6.45) is 0.885. The first-order chi connectivity index (χ1) is 24.7. The van der Waals surface area contributed by atoms with Gasteiger partial charge in [-0.05, 0) is 87.4 Å². The van der Waals surface area contributed by atoms with E-state index in [2.05, 4.69) is 124 Å². The van der Waals surface area contributed by atoms with Crippen molar-refractivity contribution >= 4 is 22.4 Å². The van der Waals surface area contributed by atoms with Crippen LogP contribution in [0, 0.1) is 0 Å². The third kappa shape index (κ3) is 5.85. The molecule has 5 aromatic carbocycles. The first-order valence-corrected chi connectivity index (χ1v) is 18.2. The Bertz CT molecular complexity index is 2270. The summed E-state index contributed by atoms with van der Waals surface area (Å²) in [7, 11) is 0. The van der Waals surface area contributed by atoms with Gasteiger partial charge in [-0.1, -0.05) is 126 Å². The van der Waals surface area contributed by atoms with Gasteiger partial charge in [-0.25, -0.2) is 4.98 Å². The predicted molar refractivity (Wildman–Crippen MR) is 209 cm³/mol. The predicted octanol–water partition coefficient (Wildman–Crippen LogP) is 11.8. The van der Waals surface area contributed by atoms with Crippen molar-refractivity contribution in [2.75, 3.05) is 4.90 Å². The summed E-state index contributed by atoms with van der Waals surface area (Å²) < 4.78 is 6.40. The number of pyridine rings is 1. The van der Waals surface area contributed by atoms with E-state index in [1.807, 2.05) is 36.4 Å². The van der Waals surface area contributed by atoms with E-state index in [0.29, 0.717) is 34.9 Å². The summed E-state index contributed by atoms with van der Waals surface area (Å²) >= 11 is 0. The van der Waals surface area contributed by atoms with E-state index >= 15 is 0 Å². The Kier molecular flexibility index (Phi) is 8.38. The smallest absolute Gasteiger partial charge is 0.219 e. The number of phenolic OH excluding ortho intramolecular Hbond substituents is 1. The molecule has 1 aliphatic carbocycles. The minimum atomic E-state index is -0.0978. The number of ether oxygens (including phenoxy) is 1. The monoisotopic (exact) mass is 671 g/mol. The number of hydrogen-bond donors (Lipinski definition) is 1. The molecular weight excluding hydrogens is 627 g/mol. The maximum absolute atomic E-state index is 10.5. The topological polar surface area (TPSA) is 58.0 Å². The highest BCUT2D eigenvalue weighted by atomic mass is 16.5. The van der Waals surface area contributed by atoms with Crippen molar-refractivity contribution in [2.24, 2.45) is 4.99 Å². The second-order valence-electron chi connectivity index (χ2n) is 14.9. The van der Waals surface area contributed by atoms with Gasteiger partial charge >= 0.3 is 0 Å². The normalized spacial score (nSPS) is 16.6. The average Bonchev–Trinajstić information content (AvgIpc) is 3.45. The zero-order chi connectivity index (χ0) is 35.4. The molecule has 0 radical (unpaired) electrons. The average molecular weight is 672 g/mol. The van der Waals surface area contributed by atoms with Crippen molar-refractivity contribution in [1.82, 2.24) is 4.98 Å². The van der Waals surface area contributed by atoms with Crippen LogP contribution in [-0.4, -0.2) is 15.9 Å². The molecule has 0 unspecified atom stereocenters. The van der Waals surface area contributed by atoms with Crippen LogP contribution in [0.4, 0.5) is 5.69 Å². The molecule has 2 heterocycles. The maximum Gasteiger partial charge on any atom is 0.219 e. The number of aliphatic imine (C=N–C) groups is 1. The number of aromatic hydroxyl groups is 1. The zero-order valence-electron chi connectivity index (χ0n) is 30.3. The fraction of sp³-hybridized carbons (Fsp3) is 0.261. The van der Waals surface area contributed by atoms with Gasteiger partial charge < -0.3 is 14.7 Å². The van der Waals surface area contributed by atoms with E-state index in [0.717, 1.165) is 23.2 Å².